The summed E-state index contributed by atoms with van der Waals surface area (Å²) in [6, 6.07) is 107. The number of rotatable bonds is 17. The molecule has 16 aromatic carbocycles. The standard InChI is InChI=1S/C110H78N4O14/c115-97-89-61-85-45-21-41-81(101(85)125-107(119)73-29-11-3-12-30-73)57-77-37-19-38-78(99(77)123-105(117)71-25-7-1-8-26-71)58-82-42-22-46-86(102(82)126-108(120)74-31-13-4-14-32-74)62-90(97)66-95(65-89)113-111-93-53-49-69(50-54-93)70-51-55-94(56-52-70)112-114-96-67-91-63-87-47-23-43-83(103(87)127-109(121)75-33-15-5-16-34-75)59-79-39-20-40-80(100(79)124-106(118)72-27-9-2-10-28-72)60-84-44-24-48-88(64-92(68-96)98(91)116)104(84)128-110(122)76-35-17-6-18-36-76/h1-56,65-68,115-116H,57-64H2. The molecule has 0 aromatic heterocycles. The zero-order chi connectivity index (χ0) is 87.4. The number of hydrogen-bond acceptors (Lipinski definition) is 18. The molecule has 0 spiro atoms. The van der Waals surface area contributed by atoms with Gasteiger partial charge >= 0.3 is 35.8 Å². The van der Waals surface area contributed by atoms with Crippen LogP contribution in [-0.4, -0.2) is 46.0 Å². The lowest BCUT2D eigenvalue weighted by Gasteiger charge is -2.21. The van der Waals surface area contributed by atoms with Crippen molar-refractivity contribution in [2.24, 2.45) is 20.5 Å². The van der Waals surface area contributed by atoms with Crippen molar-refractivity contribution in [3.05, 3.63) is 486 Å². The van der Waals surface area contributed by atoms with Crippen molar-refractivity contribution in [3.63, 3.8) is 0 Å². The monoisotopic (exact) mass is 1680 g/mol. The fourth-order valence-corrected chi connectivity index (χ4v) is 16.1. The molecule has 0 saturated carbocycles. The Morgan fingerprint density at radius 2 is 0.336 bits per heavy atom. The second kappa shape index (κ2) is 37.5. The zero-order valence-corrected chi connectivity index (χ0v) is 68.9. The van der Waals surface area contributed by atoms with E-state index in [9.17, 15) is 39.0 Å². The molecule has 18 heteroatoms. The fraction of sp³-hybridized carbons (Fsp3) is 0.0727. The van der Waals surface area contributed by atoms with E-state index in [1.54, 1.807) is 170 Å². The quantitative estimate of drug-likeness (QED) is 0.0489. The first kappa shape index (κ1) is 82.1. The third-order valence-electron chi connectivity index (χ3n) is 22.5. The maximum atomic E-state index is 14.3. The predicted molar refractivity (Wildman–Crippen MR) is 486 cm³/mol. The van der Waals surface area contributed by atoms with Crippen LogP contribution in [0.25, 0.3) is 11.1 Å². The SMILES string of the molecule is O=C(Oc1c2cccc1Cc1cccc(c1OC(=O)c1ccccc1)Cc1cccc(c1OC(=O)c1ccccc1)Cc1cc(N=Nc3ccc(-c4ccc(N=Nc5cc6c(O)c(c5)Cc5cccc(c5OC(=O)c5ccccc5)Cc5cccc(c5OC(=O)c5ccccc5)Cc5cccc(c5OC(=O)c5ccccc5)C6)cc4)cc3)cc(c1O)C2)c1ccccc1. The summed E-state index contributed by atoms with van der Waals surface area (Å²) in [5.74, 6) is -2.16. The number of aromatic hydroxyl groups is 2. The number of hydrogen-bond donors (Lipinski definition) is 2. The zero-order valence-electron chi connectivity index (χ0n) is 68.9. The van der Waals surface area contributed by atoms with Crippen molar-refractivity contribution in [1.29, 1.82) is 0 Å². The van der Waals surface area contributed by atoms with E-state index in [0.717, 1.165) is 11.1 Å². The van der Waals surface area contributed by atoms with E-state index in [1.807, 2.05) is 194 Å². The second-order valence-electron chi connectivity index (χ2n) is 31.1. The van der Waals surface area contributed by atoms with Gasteiger partial charge in [0.05, 0.1) is 56.1 Å². The molecule has 0 fully saturated rings. The molecule has 16 aromatic rings. The highest BCUT2D eigenvalue weighted by Crippen LogP contribution is 2.45. The number of carbonyl (C=O) groups is 6. The van der Waals surface area contributed by atoms with Crippen molar-refractivity contribution >= 4 is 58.6 Å². The molecule has 0 unspecified atom stereocenters. The first-order chi connectivity index (χ1) is 62.7. The molecule has 622 valence electrons. The van der Waals surface area contributed by atoms with E-state index in [2.05, 4.69) is 0 Å². The highest BCUT2D eigenvalue weighted by molar-refractivity contribution is 5.95. The molecule has 128 heavy (non-hydrogen) atoms. The Morgan fingerprint density at radius 1 is 0.180 bits per heavy atom. The number of fused-ring (bicyclic) bond motifs is 16. The number of nitrogens with zero attached hydrogens (tertiary/aromatic N) is 4. The van der Waals surface area contributed by atoms with Gasteiger partial charge in [0.25, 0.3) is 0 Å². The van der Waals surface area contributed by atoms with Crippen LogP contribution in [0.3, 0.4) is 0 Å². The summed E-state index contributed by atoms with van der Waals surface area (Å²) in [5, 5.41) is 44.6. The van der Waals surface area contributed by atoms with Gasteiger partial charge in [-0.15, -0.1) is 0 Å². The number of benzene rings is 16. The van der Waals surface area contributed by atoms with Crippen molar-refractivity contribution in [2.45, 2.75) is 51.4 Å². The highest BCUT2D eigenvalue weighted by atomic mass is 16.6. The minimum atomic E-state index is -0.607. The van der Waals surface area contributed by atoms with Crippen LogP contribution in [0.15, 0.2) is 384 Å². The van der Waals surface area contributed by atoms with Gasteiger partial charge in [0, 0.05) is 73.6 Å². The van der Waals surface area contributed by atoms with Crippen LogP contribution in [0.2, 0.25) is 0 Å². The molecule has 0 heterocycles. The van der Waals surface area contributed by atoms with Gasteiger partial charge < -0.3 is 38.6 Å². The van der Waals surface area contributed by atoms with Crippen molar-refractivity contribution in [1.82, 2.24) is 0 Å². The maximum Gasteiger partial charge on any atom is 0.343 e. The van der Waals surface area contributed by atoms with Gasteiger partial charge in [-0.05, 0) is 199 Å². The molecular formula is C110H78N4O14. The van der Waals surface area contributed by atoms with Crippen molar-refractivity contribution in [2.75, 3.05) is 0 Å². The van der Waals surface area contributed by atoms with E-state index < -0.39 is 35.8 Å². The summed E-state index contributed by atoms with van der Waals surface area (Å²) in [7, 11) is 0. The molecular weight excluding hydrogens is 1600 g/mol. The van der Waals surface area contributed by atoms with Gasteiger partial charge in [0.15, 0.2) is 0 Å². The summed E-state index contributed by atoms with van der Waals surface area (Å²) in [5.41, 5.74) is 14.1. The van der Waals surface area contributed by atoms with E-state index in [-0.39, 0.29) is 97.4 Å². The van der Waals surface area contributed by atoms with E-state index in [1.165, 1.54) is 0 Å². The van der Waals surface area contributed by atoms with Gasteiger partial charge in [-0.1, -0.05) is 243 Å². The molecule has 2 aliphatic carbocycles. The number of phenols is 2. The summed E-state index contributed by atoms with van der Waals surface area (Å²) in [6.07, 6.45) is 0.623. The van der Waals surface area contributed by atoms with Crippen LogP contribution < -0.4 is 28.4 Å². The number of ether oxygens (including phenoxy) is 6. The maximum absolute atomic E-state index is 14.3. The Bertz CT molecular complexity index is 6270. The molecule has 16 bridgehead atoms. The lowest BCUT2D eigenvalue weighted by atomic mass is 9.91. The van der Waals surface area contributed by atoms with Gasteiger partial charge in [-0.25, -0.2) is 28.8 Å². The Morgan fingerprint density at radius 3 is 0.508 bits per heavy atom. The van der Waals surface area contributed by atoms with Crippen LogP contribution in [0.5, 0.6) is 46.0 Å². The molecule has 18 rings (SSSR count). The molecule has 0 saturated heterocycles. The van der Waals surface area contributed by atoms with E-state index in [0.29, 0.717) is 145 Å². The minimum Gasteiger partial charge on any atom is -0.507 e. The number of esters is 6. The van der Waals surface area contributed by atoms with Crippen LogP contribution >= 0.6 is 0 Å². The largest absolute Gasteiger partial charge is 0.507 e. The lowest BCUT2D eigenvalue weighted by molar-refractivity contribution is 0.0719. The van der Waals surface area contributed by atoms with Gasteiger partial charge in [0.1, 0.15) is 46.0 Å². The third kappa shape index (κ3) is 18.7. The van der Waals surface area contributed by atoms with Crippen LogP contribution in [-0.2, 0) is 51.4 Å². The Hall–Kier alpha value is -16.9. The number of carbonyl (C=O) groups excluding carboxylic acids is 6. The Kier molecular flexibility index (Phi) is 24.0. The molecule has 0 aliphatic heterocycles. The molecule has 18 nitrogen and oxygen atoms in total. The van der Waals surface area contributed by atoms with Crippen LogP contribution in [0.4, 0.5) is 22.7 Å². The predicted octanol–water partition coefficient (Wildman–Crippen LogP) is 24.3. The lowest BCUT2D eigenvalue weighted by Crippen LogP contribution is -2.14. The van der Waals surface area contributed by atoms with Crippen molar-refractivity contribution in [3.8, 4) is 57.1 Å². The second-order valence-corrected chi connectivity index (χ2v) is 31.1. The summed E-state index contributed by atoms with van der Waals surface area (Å²) < 4.78 is 38.8. The normalized spacial score (nSPS) is 12.2. The van der Waals surface area contributed by atoms with Crippen molar-refractivity contribution < 1.29 is 67.4 Å². The topological polar surface area (TPSA) is 248 Å². The highest BCUT2D eigenvalue weighted by Gasteiger charge is 2.30. The Balaban J connectivity index is 0.665. The third-order valence-corrected chi connectivity index (χ3v) is 22.5. The average Bonchev–Trinajstić information content (AvgIpc) is 0.783. The van der Waals surface area contributed by atoms with Crippen LogP contribution in [0.1, 0.15) is 151 Å². The number of para-hydroxylation sites is 6. The summed E-state index contributed by atoms with van der Waals surface area (Å²) in [4.78, 5) is 85.7. The molecule has 0 radical (unpaired) electrons. The van der Waals surface area contributed by atoms with Gasteiger partial charge in [-0.3, -0.25) is 0 Å². The number of phenolic OH excluding ortho intramolecular Hbond substituents is 2. The first-order valence-corrected chi connectivity index (χ1v) is 41.7. The van der Waals surface area contributed by atoms with Gasteiger partial charge in [-0.2, -0.15) is 20.5 Å². The fourth-order valence-electron chi connectivity index (χ4n) is 16.1. The molecule has 0 atom stereocenters. The molecule has 0 amide bonds. The van der Waals surface area contributed by atoms with E-state index in [4.69, 9.17) is 48.9 Å². The van der Waals surface area contributed by atoms with Gasteiger partial charge in [0.2, 0.25) is 0 Å². The molecule has 2 N–H and O–H groups in total. The summed E-state index contributed by atoms with van der Waals surface area (Å²) in [6.45, 7) is 0. The Labute approximate surface area is 737 Å². The molecule has 2 aliphatic rings. The number of azo groups is 2. The van der Waals surface area contributed by atoms with Crippen LogP contribution in [0, 0.1) is 0 Å². The summed E-state index contributed by atoms with van der Waals surface area (Å²) >= 11 is 0. The van der Waals surface area contributed by atoms with E-state index >= 15 is 0 Å². The minimum absolute atomic E-state index is 0.0337. The first-order valence-electron chi connectivity index (χ1n) is 41.7. The smallest absolute Gasteiger partial charge is 0.343 e. The average molecular weight is 1680 g/mol.